The minimum atomic E-state index is -3.52. The molecule has 3 aromatic carbocycles. The number of amides is 1. The number of carbonyl (C=O) groups excluding carboxylic acids is 1. The van der Waals surface area contributed by atoms with Crippen molar-refractivity contribution in [1.82, 2.24) is 10.2 Å². The molecule has 1 amide bonds. The van der Waals surface area contributed by atoms with Crippen LogP contribution in [0.2, 0.25) is 5.02 Å². The summed E-state index contributed by atoms with van der Waals surface area (Å²) in [5.41, 5.74) is 4.02. The smallest absolute Gasteiger partial charge is 0.251 e. The molecule has 0 radical (unpaired) electrons. The van der Waals surface area contributed by atoms with Crippen LogP contribution in [-0.4, -0.2) is 51.8 Å². The average Bonchev–Trinajstić information content (AvgIpc) is 2.87. The van der Waals surface area contributed by atoms with Gasteiger partial charge in [0, 0.05) is 36.8 Å². The minimum absolute atomic E-state index is 0.137. The lowest BCUT2D eigenvalue weighted by Crippen LogP contribution is -2.35. The number of anilines is 1. The number of carbonyl (C=O) groups is 1. The van der Waals surface area contributed by atoms with E-state index in [1.54, 1.807) is 48.5 Å². The van der Waals surface area contributed by atoms with E-state index in [-0.39, 0.29) is 12.5 Å². The molecular formula is C27H30ClN3O4S. The fraction of sp³-hybridized carbons (Fsp3) is 0.296. The van der Waals surface area contributed by atoms with Crippen LogP contribution in [-0.2, 0) is 34.4 Å². The number of nitrogens with zero attached hydrogens (tertiary/aromatic N) is 2. The molecule has 1 heterocycles. The van der Waals surface area contributed by atoms with Gasteiger partial charge in [-0.15, -0.1) is 0 Å². The SMILES string of the molecule is CS(=O)(=O)N(Cc1ccc(C(=O)NCc2ccc(CN3CCOCC3)cc2)cc1)c1cccc(Cl)c1. The lowest BCUT2D eigenvalue weighted by atomic mass is 10.1. The van der Waals surface area contributed by atoms with Gasteiger partial charge in [0.05, 0.1) is 31.7 Å². The Balaban J connectivity index is 1.33. The number of hydrogen-bond donors (Lipinski definition) is 1. The van der Waals surface area contributed by atoms with Gasteiger partial charge in [-0.3, -0.25) is 14.0 Å². The zero-order chi connectivity index (χ0) is 25.5. The van der Waals surface area contributed by atoms with Crippen molar-refractivity contribution in [2.75, 3.05) is 36.9 Å². The topological polar surface area (TPSA) is 79.0 Å². The largest absolute Gasteiger partial charge is 0.379 e. The lowest BCUT2D eigenvalue weighted by Gasteiger charge is -2.26. The molecule has 0 unspecified atom stereocenters. The van der Waals surface area contributed by atoms with Gasteiger partial charge in [-0.05, 0) is 47.0 Å². The van der Waals surface area contributed by atoms with E-state index in [0.717, 1.165) is 50.2 Å². The summed E-state index contributed by atoms with van der Waals surface area (Å²) in [6, 6.07) is 21.9. The van der Waals surface area contributed by atoms with Crippen molar-refractivity contribution < 1.29 is 17.9 Å². The molecule has 1 saturated heterocycles. The van der Waals surface area contributed by atoms with E-state index in [1.165, 1.54) is 9.87 Å². The summed E-state index contributed by atoms with van der Waals surface area (Å²) in [7, 11) is -3.52. The van der Waals surface area contributed by atoms with Crippen LogP contribution in [0.1, 0.15) is 27.0 Å². The third-order valence-corrected chi connectivity index (χ3v) is 7.40. The number of benzene rings is 3. The van der Waals surface area contributed by atoms with Gasteiger partial charge in [-0.1, -0.05) is 54.1 Å². The first-order valence-corrected chi connectivity index (χ1v) is 14.0. The highest BCUT2D eigenvalue weighted by Gasteiger charge is 2.18. The molecule has 0 spiro atoms. The van der Waals surface area contributed by atoms with E-state index in [9.17, 15) is 13.2 Å². The zero-order valence-corrected chi connectivity index (χ0v) is 21.8. The monoisotopic (exact) mass is 527 g/mol. The molecule has 9 heteroatoms. The molecule has 0 atom stereocenters. The summed E-state index contributed by atoms with van der Waals surface area (Å²) >= 11 is 6.05. The van der Waals surface area contributed by atoms with E-state index >= 15 is 0 Å². The Morgan fingerprint density at radius 2 is 1.61 bits per heavy atom. The Labute approximate surface area is 217 Å². The molecule has 3 aromatic rings. The predicted octanol–water partition coefficient (Wildman–Crippen LogP) is 4.07. The van der Waals surface area contributed by atoms with Gasteiger partial charge in [-0.25, -0.2) is 8.42 Å². The third-order valence-electron chi connectivity index (χ3n) is 6.02. The van der Waals surface area contributed by atoms with Crippen LogP contribution in [0.5, 0.6) is 0 Å². The third kappa shape index (κ3) is 7.30. The Hall–Kier alpha value is -2.91. The molecule has 0 bridgehead atoms. The number of nitrogens with one attached hydrogen (secondary N) is 1. The summed E-state index contributed by atoms with van der Waals surface area (Å²) in [6.45, 7) is 4.92. The van der Waals surface area contributed by atoms with Gasteiger partial charge in [0.15, 0.2) is 0 Å². The Kier molecular flexibility index (Phi) is 8.64. The number of ether oxygens (including phenoxy) is 1. The summed E-state index contributed by atoms with van der Waals surface area (Å²) in [6.07, 6.45) is 1.16. The van der Waals surface area contributed by atoms with Crippen molar-refractivity contribution in [2.24, 2.45) is 0 Å². The number of morpholine rings is 1. The summed E-state index contributed by atoms with van der Waals surface area (Å²) in [4.78, 5) is 15.0. The average molecular weight is 528 g/mol. The second-order valence-electron chi connectivity index (χ2n) is 8.83. The standard InChI is InChI=1S/C27H30ClN3O4S/c1-36(33,34)31(26-4-2-3-25(28)17-26)20-23-9-11-24(12-10-23)27(32)29-18-21-5-7-22(8-6-21)19-30-13-15-35-16-14-30/h2-12,17H,13-16,18-20H2,1H3,(H,29,32). The van der Waals surface area contributed by atoms with Crippen LogP contribution in [0.4, 0.5) is 5.69 Å². The van der Waals surface area contributed by atoms with Crippen molar-refractivity contribution in [3.8, 4) is 0 Å². The van der Waals surface area contributed by atoms with Crippen LogP contribution in [0.15, 0.2) is 72.8 Å². The quantitative estimate of drug-likeness (QED) is 0.454. The molecule has 4 rings (SSSR count). The zero-order valence-electron chi connectivity index (χ0n) is 20.2. The maximum Gasteiger partial charge on any atom is 0.251 e. The predicted molar refractivity (Wildman–Crippen MR) is 143 cm³/mol. The van der Waals surface area contributed by atoms with Crippen molar-refractivity contribution in [3.63, 3.8) is 0 Å². The summed E-state index contributed by atoms with van der Waals surface area (Å²) in [5, 5.41) is 3.40. The van der Waals surface area contributed by atoms with Crippen molar-refractivity contribution in [3.05, 3.63) is 100 Å². The van der Waals surface area contributed by atoms with Crippen LogP contribution in [0.3, 0.4) is 0 Å². The normalized spacial score (nSPS) is 14.4. The van der Waals surface area contributed by atoms with E-state index in [0.29, 0.717) is 22.8 Å². The molecular weight excluding hydrogens is 498 g/mol. The Morgan fingerprint density at radius 3 is 2.25 bits per heavy atom. The number of hydrogen-bond acceptors (Lipinski definition) is 5. The fourth-order valence-electron chi connectivity index (χ4n) is 4.02. The summed E-state index contributed by atoms with van der Waals surface area (Å²) in [5.74, 6) is -0.186. The molecule has 0 aromatic heterocycles. The van der Waals surface area contributed by atoms with Crippen LogP contribution < -0.4 is 9.62 Å². The fourth-order valence-corrected chi connectivity index (χ4v) is 5.09. The van der Waals surface area contributed by atoms with E-state index in [2.05, 4.69) is 22.3 Å². The van der Waals surface area contributed by atoms with Crippen LogP contribution in [0, 0.1) is 0 Å². The number of halogens is 1. The molecule has 1 fully saturated rings. The van der Waals surface area contributed by atoms with Gasteiger partial charge in [0.1, 0.15) is 0 Å². The van der Waals surface area contributed by atoms with E-state index in [4.69, 9.17) is 16.3 Å². The van der Waals surface area contributed by atoms with Crippen molar-refractivity contribution in [2.45, 2.75) is 19.6 Å². The highest BCUT2D eigenvalue weighted by Crippen LogP contribution is 2.24. The first-order valence-electron chi connectivity index (χ1n) is 11.8. The molecule has 0 aliphatic carbocycles. The van der Waals surface area contributed by atoms with Crippen molar-refractivity contribution >= 4 is 33.2 Å². The lowest BCUT2D eigenvalue weighted by molar-refractivity contribution is 0.0342. The molecule has 36 heavy (non-hydrogen) atoms. The second-order valence-corrected chi connectivity index (χ2v) is 11.2. The Morgan fingerprint density at radius 1 is 0.972 bits per heavy atom. The van der Waals surface area contributed by atoms with Gasteiger partial charge in [0.25, 0.3) is 5.91 Å². The second kappa shape index (κ2) is 11.9. The van der Waals surface area contributed by atoms with Gasteiger partial charge >= 0.3 is 0 Å². The van der Waals surface area contributed by atoms with Crippen molar-refractivity contribution in [1.29, 1.82) is 0 Å². The molecule has 1 N–H and O–H groups in total. The van der Waals surface area contributed by atoms with Gasteiger partial charge in [-0.2, -0.15) is 0 Å². The first kappa shape index (κ1) is 26.2. The molecule has 7 nitrogen and oxygen atoms in total. The minimum Gasteiger partial charge on any atom is -0.379 e. The van der Waals surface area contributed by atoms with E-state index < -0.39 is 10.0 Å². The van der Waals surface area contributed by atoms with Gasteiger partial charge < -0.3 is 10.1 Å². The molecule has 190 valence electrons. The highest BCUT2D eigenvalue weighted by atomic mass is 35.5. The first-order chi connectivity index (χ1) is 17.3. The summed E-state index contributed by atoms with van der Waals surface area (Å²) < 4.78 is 31.4. The highest BCUT2D eigenvalue weighted by molar-refractivity contribution is 7.92. The van der Waals surface area contributed by atoms with Crippen LogP contribution in [0.25, 0.3) is 0 Å². The molecule has 1 aliphatic rings. The van der Waals surface area contributed by atoms with E-state index in [1.807, 2.05) is 12.1 Å². The molecule has 0 saturated carbocycles. The number of sulfonamides is 1. The van der Waals surface area contributed by atoms with Gasteiger partial charge in [0.2, 0.25) is 10.0 Å². The molecule has 1 aliphatic heterocycles. The Bertz CT molecular complexity index is 1280. The maximum absolute atomic E-state index is 12.6. The number of rotatable bonds is 9. The van der Waals surface area contributed by atoms with Crippen LogP contribution >= 0.6 is 11.6 Å². The maximum atomic E-state index is 12.6.